The number of hydrogen-bond acceptors (Lipinski definition) is 7. The topological polar surface area (TPSA) is 254 Å². The van der Waals surface area contributed by atoms with Gasteiger partial charge in [-0.1, -0.05) is 55.0 Å². The lowest BCUT2D eigenvalue weighted by atomic mass is 10.0. The summed E-state index contributed by atoms with van der Waals surface area (Å²) >= 11 is 0. The van der Waals surface area contributed by atoms with Crippen molar-refractivity contribution in [3.63, 3.8) is 0 Å². The average Bonchev–Trinajstić information content (AvgIpc) is 3.83. The van der Waals surface area contributed by atoms with Crippen LogP contribution in [0.3, 0.4) is 0 Å². The van der Waals surface area contributed by atoms with Gasteiger partial charge in [-0.25, -0.2) is 4.98 Å². The van der Waals surface area contributed by atoms with Crippen LogP contribution in [0, 0.1) is 0 Å². The lowest BCUT2D eigenvalue weighted by Crippen LogP contribution is -2.59. The van der Waals surface area contributed by atoms with Gasteiger partial charge < -0.3 is 48.0 Å². The number of benzene rings is 2. The molecule has 0 saturated carbocycles. The van der Waals surface area contributed by atoms with Crippen LogP contribution in [0.1, 0.15) is 55.3 Å². The van der Waals surface area contributed by atoms with E-state index in [2.05, 4.69) is 46.5 Å². The number of hydrogen-bond donors (Lipinski definition) is 9. The van der Waals surface area contributed by atoms with Gasteiger partial charge in [0.05, 0.1) is 6.33 Å². The largest absolute Gasteiger partial charge is 0.370 e. The van der Waals surface area contributed by atoms with Crippen LogP contribution in [-0.2, 0) is 43.2 Å². The number of amides is 5. The second kappa shape index (κ2) is 19.6. The van der Waals surface area contributed by atoms with Gasteiger partial charge in [-0.2, -0.15) is 0 Å². The Bertz CT molecular complexity index is 1890. The molecule has 5 amide bonds. The summed E-state index contributed by atoms with van der Waals surface area (Å²) in [6.07, 6.45) is 7.61. The lowest BCUT2D eigenvalue weighted by molar-refractivity contribution is -0.134. The van der Waals surface area contributed by atoms with Crippen LogP contribution in [0.4, 0.5) is 0 Å². The van der Waals surface area contributed by atoms with Crippen LogP contribution in [0.25, 0.3) is 10.9 Å². The third kappa shape index (κ3) is 11.7. The van der Waals surface area contributed by atoms with Crippen molar-refractivity contribution in [3.05, 3.63) is 90.1 Å². The number of H-pyrrole nitrogens is 2. The predicted molar refractivity (Wildman–Crippen MR) is 204 cm³/mol. The van der Waals surface area contributed by atoms with E-state index in [1.54, 1.807) is 6.20 Å². The van der Waals surface area contributed by atoms with E-state index in [4.69, 9.17) is 11.5 Å². The first-order chi connectivity index (χ1) is 26.2. The van der Waals surface area contributed by atoms with Crippen LogP contribution in [0.2, 0.25) is 0 Å². The summed E-state index contributed by atoms with van der Waals surface area (Å²) in [5, 5.41) is 15.3. The first-order valence-electron chi connectivity index (χ1n) is 18.3. The second-order valence-corrected chi connectivity index (χ2v) is 13.4. The number of rotatable bonds is 10. The molecule has 1 saturated heterocycles. The van der Waals surface area contributed by atoms with Gasteiger partial charge in [-0.3, -0.25) is 29.0 Å². The molecule has 1 fully saturated rings. The van der Waals surface area contributed by atoms with Gasteiger partial charge in [0.1, 0.15) is 24.2 Å². The van der Waals surface area contributed by atoms with E-state index in [1.807, 2.05) is 60.8 Å². The smallest absolute Gasteiger partial charge is 0.243 e. The standard InChI is InChI=1S/C38H49N11O5/c39-38(40)43-17-9-14-29-35(52)49-31(19-25-21-44-28-13-7-6-12-27(25)28)34(51)42-16-8-2-5-15-33(50)46-32(20-26-22-41-23-45-26)37(54)48-30(36(53)47-29)18-24-10-3-1-4-11-24/h1,3-4,6-7,10-13,21-23,29-32,44H,2,5,8-9,14-20H2,(H,41,45)(H,42,51)(H,46,50)(H,47,53)(H,48,54)(H,49,52)(H4,39,40,43)/t29?,30?,31?,32-/m0/s1. The minimum atomic E-state index is -1.14. The first kappa shape index (κ1) is 39.0. The zero-order valence-corrected chi connectivity index (χ0v) is 30.1. The van der Waals surface area contributed by atoms with Crippen LogP contribution in [0.15, 0.2) is 78.3 Å². The van der Waals surface area contributed by atoms with E-state index in [1.165, 1.54) is 6.33 Å². The molecule has 1 aliphatic rings. The molecule has 3 heterocycles. The molecular weight excluding hydrogens is 690 g/mol. The monoisotopic (exact) mass is 739 g/mol. The van der Waals surface area contributed by atoms with Crippen LogP contribution < -0.4 is 38.1 Å². The van der Waals surface area contributed by atoms with Gasteiger partial charge in [-0.15, -0.1) is 0 Å². The fourth-order valence-corrected chi connectivity index (χ4v) is 6.39. The number of guanidine groups is 1. The van der Waals surface area contributed by atoms with Crippen LogP contribution in [-0.4, -0.2) is 87.7 Å². The molecule has 16 nitrogen and oxygen atoms in total. The average molecular weight is 740 g/mol. The molecule has 1 aliphatic heterocycles. The van der Waals surface area contributed by atoms with Crippen molar-refractivity contribution in [1.29, 1.82) is 0 Å². The Morgan fingerprint density at radius 3 is 2.15 bits per heavy atom. The number of fused-ring (bicyclic) bond motifs is 1. The summed E-state index contributed by atoms with van der Waals surface area (Å²) in [5.41, 5.74) is 14.1. The second-order valence-electron chi connectivity index (χ2n) is 13.4. The molecule has 16 heteroatoms. The minimum Gasteiger partial charge on any atom is -0.370 e. The number of aliphatic imine (C=N–C) groups is 1. The number of nitrogens with two attached hydrogens (primary N) is 2. The van der Waals surface area contributed by atoms with E-state index in [0.717, 1.165) is 22.0 Å². The Labute approximate surface area is 313 Å². The summed E-state index contributed by atoms with van der Waals surface area (Å²) in [4.78, 5) is 83.2. The lowest BCUT2D eigenvalue weighted by Gasteiger charge is -2.26. The molecule has 0 spiro atoms. The van der Waals surface area contributed by atoms with Crippen molar-refractivity contribution in [2.24, 2.45) is 16.5 Å². The summed E-state index contributed by atoms with van der Waals surface area (Å²) in [6.45, 7) is 0.520. The van der Waals surface area contributed by atoms with Crippen LogP contribution in [0.5, 0.6) is 0 Å². The Morgan fingerprint density at radius 2 is 1.41 bits per heavy atom. The van der Waals surface area contributed by atoms with Gasteiger partial charge in [0.15, 0.2) is 5.96 Å². The molecule has 4 atom stereocenters. The number of carbonyl (C=O) groups is 5. The summed E-state index contributed by atoms with van der Waals surface area (Å²) < 4.78 is 0. The number of aromatic nitrogens is 3. The highest BCUT2D eigenvalue weighted by Crippen LogP contribution is 2.19. The number of nitrogens with one attached hydrogen (secondary N) is 7. The van der Waals surface area contributed by atoms with E-state index < -0.39 is 41.9 Å². The minimum absolute atomic E-state index is 0.0943. The van der Waals surface area contributed by atoms with Gasteiger partial charge in [0, 0.05) is 67.8 Å². The van der Waals surface area contributed by atoms with E-state index in [-0.39, 0.29) is 56.4 Å². The third-order valence-corrected chi connectivity index (χ3v) is 9.24. The SMILES string of the molecule is NC(N)=NCCCC1NC(=O)C(Cc2ccccc2)NC(=O)[C@H](Cc2cnc[nH]2)NC(=O)CCCCCNC(=O)C(Cc2c[nH]c3ccccc23)NC1=O. The van der Waals surface area contributed by atoms with Gasteiger partial charge in [0.2, 0.25) is 29.5 Å². The Hall–Kier alpha value is -6.19. The molecule has 54 heavy (non-hydrogen) atoms. The summed E-state index contributed by atoms with van der Waals surface area (Å²) in [6, 6.07) is 12.5. The maximum absolute atomic E-state index is 14.2. The zero-order valence-electron chi connectivity index (χ0n) is 30.1. The predicted octanol–water partition coefficient (Wildman–Crippen LogP) is 0.602. The molecule has 2 aromatic heterocycles. The van der Waals surface area contributed by atoms with Crippen molar-refractivity contribution < 1.29 is 24.0 Å². The number of aromatic amines is 2. The van der Waals surface area contributed by atoms with Crippen molar-refractivity contribution in [2.75, 3.05) is 13.1 Å². The number of para-hydroxylation sites is 1. The molecule has 11 N–H and O–H groups in total. The van der Waals surface area contributed by atoms with Gasteiger partial charge in [0.25, 0.3) is 0 Å². The highest BCUT2D eigenvalue weighted by molar-refractivity contribution is 5.96. The Morgan fingerprint density at radius 1 is 0.722 bits per heavy atom. The molecular formula is C38H49N11O5. The van der Waals surface area contributed by atoms with Crippen molar-refractivity contribution >= 4 is 46.4 Å². The molecule has 4 aromatic rings. The van der Waals surface area contributed by atoms with Gasteiger partial charge in [-0.05, 0) is 42.9 Å². The fraction of sp³-hybridized carbons (Fsp3) is 0.395. The van der Waals surface area contributed by atoms with E-state index >= 15 is 0 Å². The Kier molecular flexibility index (Phi) is 14.2. The molecule has 3 unspecified atom stereocenters. The quantitative estimate of drug-likeness (QED) is 0.0631. The molecule has 286 valence electrons. The van der Waals surface area contributed by atoms with Crippen molar-refractivity contribution in [3.8, 4) is 0 Å². The number of imidazole rings is 1. The van der Waals surface area contributed by atoms with Crippen molar-refractivity contribution in [2.45, 2.75) is 82.0 Å². The number of carbonyl (C=O) groups excluding carboxylic acids is 5. The molecule has 5 rings (SSSR count). The third-order valence-electron chi connectivity index (χ3n) is 9.24. The van der Waals surface area contributed by atoms with Crippen molar-refractivity contribution in [1.82, 2.24) is 41.5 Å². The highest BCUT2D eigenvalue weighted by Gasteiger charge is 2.32. The molecule has 0 bridgehead atoms. The Balaban J connectivity index is 1.45. The fourth-order valence-electron chi connectivity index (χ4n) is 6.39. The van der Waals surface area contributed by atoms with Crippen LogP contribution >= 0.6 is 0 Å². The van der Waals surface area contributed by atoms with E-state index in [0.29, 0.717) is 37.9 Å². The maximum atomic E-state index is 14.2. The maximum Gasteiger partial charge on any atom is 0.243 e. The highest BCUT2D eigenvalue weighted by atomic mass is 16.2. The molecule has 0 aliphatic carbocycles. The first-order valence-corrected chi connectivity index (χ1v) is 18.3. The van der Waals surface area contributed by atoms with E-state index in [9.17, 15) is 24.0 Å². The summed E-state index contributed by atoms with van der Waals surface area (Å²) in [7, 11) is 0. The normalized spacial score (nSPS) is 21.0. The summed E-state index contributed by atoms with van der Waals surface area (Å²) in [5.74, 6) is -2.60. The number of nitrogens with zero attached hydrogens (tertiary/aromatic N) is 2. The van der Waals surface area contributed by atoms with Gasteiger partial charge >= 0.3 is 0 Å². The molecule has 0 radical (unpaired) electrons. The molecule has 2 aromatic carbocycles. The zero-order chi connectivity index (χ0) is 38.3.